The van der Waals surface area contributed by atoms with Gasteiger partial charge in [-0.2, -0.15) is 0 Å². The molecule has 0 amide bonds. The van der Waals surface area contributed by atoms with Crippen LogP contribution in [0.1, 0.15) is 56.8 Å². The first-order valence-electron chi connectivity index (χ1n) is 10.3. The van der Waals surface area contributed by atoms with Crippen molar-refractivity contribution in [2.24, 2.45) is 11.8 Å². The van der Waals surface area contributed by atoms with Crippen LogP contribution in [0.25, 0.3) is 0 Å². The maximum absolute atomic E-state index is 12.5. The predicted molar refractivity (Wildman–Crippen MR) is 110 cm³/mol. The molecule has 1 aliphatic heterocycles. The summed E-state index contributed by atoms with van der Waals surface area (Å²) < 4.78 is 11.2. The largest absolute Gasteiger partial charge is 0.462 e. The van der Waals surface area contributed by atoms with E-state index in [4.69, 9.17) is 9.47 Å². The van der Waals surface area contributed by atoms with Crippen LogP contribution in [0.15, 0.2) is 54.1 Å². The number of rotatable bonds is 7. The number of aliphatic hydroxyl groups is 1. The summed E-state index contributed by atoms with van der Waals surface area (Å²) in [7, 11) is 0. The van der Waals surface area contributed by atoms with E-state index in [1.165, 1.54) is 5.57 Å². The van der Waals surface area contributed by atoms with Crippen molar-refractivity contribution in [2.45, 2.75) is 64.3 Å². The second kappa shape index (κ2) is 8.95. The summed E-state index contributed by atoms with van der Waals surface area (Å²) in [5.74, 6) is -0.771. The molecule has 1 unspecified atom stereocenters. The summed E-state index contributed by atoms with van der Waals surface area (Å²) in [5.41, 5.74) is 0.748. The molecule has 5 atom stereocenters. The number of esters is 2. The first-order chi connectivity index (χ1) is 13.7. The number of hydrogen-bond acceptors (Lipinski definition) is 5. The summed E-state index contributed by atoms with van der Waals surface area (Å²) in [5, 5.41) is 10.7. The molecule has 1 N–H and O–H groups in total. The van der Waals surface area contributed by atoms with Gasteiger partial charge in [-0.3, -0.25) is 4.79 Å². The van der Waals surface area contributed by atoms with Crippen LogP contribution in [-0.2, 0) is 14.3 Å². The van der Waals surface area contributed by atoms with Crippen molar-refractivity contribution in [3.8, 4) is 0 Å². The molecule has 2 aliphatic rings. The number of benzene rings is 1. The number of allylic oxidation sites excluding steroid dienone is 2. The molecule has 5 nitrogen and oxygen atoms in total. The summed E-state index contributed by atoms with van der Waals surface area (Å²) in [6.45, 7) is 5.84. The Hall–Kier alpha value is -2.40. The third-order valence-corrected chi connectivity index (χ3v) is 5.70. The SMILES string of the molecule is CC(C)=CCCC(C)(O)C=C[C@@H]1[C@H]2CC(=O)O[C@H]2C[C@H]1OC(=O)c1ccccc1. The Kier molecular flexibility index (Phi) is 6.58. The van der Waals surface area contributed by atoms with E-state index >= 15 is 0 Å². The van der Waals surface area contributed by atoms with Gasteiger partial charge in [0.1, 0.15) is 12.2 Å². The number of carbonyl (C=O) groups excluding carboxylic acids is 2. The van der Waals surface area contributed by atoms with E-state index in [2.05, 4.69) is 6.08 Å². The lowest BCUT2D eigenvalue weighted by atomic mass is 9.89. The Bertz CT molecular complexity index is 789. The summed E-state index contributed by atoms with van der Waals surface area (Å²) in [6, 6.07) is 8.87. The van der Waals surface area contributed by atoms with Gasteiger partial charge in [0.25, 0.3) is 0 Å². The molecule has 2 fully saturated rings. The highest BCUT2D eigenvalue weighted by atomic mass is 16.6. The zero-order chi connectivity index (χ0) is 21.0. The van der Waals surface area contributed by atoms with E-state index in [-0.39, 0.29) is 36.0 Å². The van der Waals surface area contributed by atoms with Gasteiger partial charge in [-0.1, -0.05) is 42.0 Å². The molecule has 1 heterocycles. The van der Waals surface area contributed by atoms with Crippen molar-refractivity contribution in [3.05, 3.63) is 59.7 Å². The zero-order valence-corrected chi connectivity index (χ0v) is 17.3. The van der Waals surface area contributed by atoms with Crippen LogP contribution in [-0.4, -0.2) is 34.9 Å². The van der Waals surface area contributed by atoms with Crippen LogP contribution in [0.4, 0.5) is 0 Å². The monoisotopic (exact) mass is 398 g/mol. The average Bonchev–Trinajstić information content (AvgIpc) is 3.15. The highest BCUT2D eigenvalue weighted by Crippen LogP contribution is 2.44. The predicted octanol–water partition coefficient (Wildman–Crippen LogP) is 4.22. The standard InChI is InChI=1S/C24H30O5/c1-16(2)8-7-12-24(3,27)13-11-18-19-14-22(25)28-21(19)15-20(18)29-23(26)17-9-5-4-6-10-17/h4-6,8-11,13,18-21,27H,7,12,14-15H2,1-3H3/t18-,19-,20-,21+,24?/m1/s1. The fourth-order valence-corrected chi connectivity index (χ4v) is 4.12. The Morgan fingerprint density at radius 3 is 2.72 bits per heavy atom. The van der Waals surface area contributed by atoms with E-state index in [9.17, 15) is 14.7 Å². The van der Waals surface area contributed by atoms with Crippen LogP contribution in [0.2, 0.25) is 0 Å². The molecule has 0 aromatic heterocycles. The minimum absolute atomic E-state index is 0.0269. The molecule has 3 rings (SSSR count). The van der Waals surface area contributed by atoms with Gasteiger partial charge in [0, 0.05) is 18.3 Å². The lowest BCUT2D eigenvalue weighted by molar-refractivity contribution is -0.141. The van der Waals surface area contributed by atoms with Gasteiger partial charge < -0.3 is 14.6 Å². The molecule has 1 saturated heterocycles. The highest BCUT2D eigenvalue weighted by molar-refractivity contribution is 5.89. The Labute approximate surface area is 172 Å². The maximum atomic E-state index is 12.5. The minimum atomic E-state index is -0.971. The molecular weight excluding hydrogens is 368 g/mol. The van der Waals surface area contributed by atoms with E-state index in [1.54, 1.807) is 37.3 Å². The van der Waals surface area contributed by atoms with Crippen LogP contribution in [0, 0.1) is 11.8 Å². The van der Waals surface area contributed by atoms with Crippen LogP contribution in [0.5, 0.6) is 0 Å². The van der Waals surface area contributed by atoms with Gasteiger partial charge in [0.2, 0.25) is 0 Å². The normalized spacial score (nSPS) is 27.9. The summed E-state index contributed by atoms with van der Waals surface area (Å²) in [4.78, 5) is 24.3. The number of carbonyl (C=O) groups is 2. The lowest BCUT2D eigenvalue weighted by Crippen LogP contribution is -2.26. The highest BCUT2D eigenvalue weighted by Gasteiger charge is 2.50. The summed E-state index contributed by atoms with van der Waals surface area (Å²) >= 11 is 0. The molecule has 0 bridgehead atoms. The smallest absolute Gasteiger partial charge is 0.338 e. The van der Waals surface area contributed by atoms with Crippen molar-refractivity contribution in [3.63, 3.8) is 0 Å². The van der Waals surface area contributed by atoms with Crippen molar-refractivity contribution in [2.75, 3.05) is 0 Å². The topological polar surface area (TPSA) is 72.8 Å². The molecule has 0 radical (unpaired) electrons. The second-order valence-electron chi connectivity index (χ2n) is 8.56. The number of hydrogen-bond donors (Lipinski definition) is 1. The zero-order valence-electron chi connectivity index (χ0n) is 17.3. The average molecular weight is 398 g/mol. The van der Waals surface area contributed by atoms with E-state index in [0.717, 1.165) is 6.42 Å². The van der Waals surface area contributed by atoms with Gasteiger partial charge in [-0.25, -0.2) is 4.79 Å². The van der Waals surface area contributed by atoms with Crippen LogP contribution in [0.3, 0.4) is 0 Å². The fraction of sp³-hybridized carbons (Fsp3) is 0.500. The van der Waals surface area contributed by atoms with E-state index < -0.39 is 5.60 Å². The van der Waals surface area contributed by atoms with Gasteiger partial charge in [0.05, 0.1) is 17.6 Å². The molecule has 1 saturated carbocycles. The van der Waals surface area contributed by atoms with Gasteiger partial charge in [-0.05, 0) is 45.7 Å². The Morgan fingerprint density at radius 2 is 2.03 bits per heavy atom. The Morgan fingerprint density at radius 1 is 1.31 bits per heavy atom. The van der Waals surface area contributed by atoms with Crippen LogP contribution < -0.4 is 0 Å². The molecular formula is C24H30O5. The second-order valence-corrected chi connectivity index (χ2v) is 8.56. The molecule has 1 aliphatic carbocycles. The molecule has 29 heavy (non-hydrogen) atoms. The maximum Gasteiger partial charge on any atom is 0.338 e. The fourth-order valence-electron chi connectivity index (χ4n) is 4.12. The molecule has 1 aromatic rings. The van der Waals surface area contributed by atoms with Crippen molar-refractivity contribution in [1.82, 2.24) is 0 Å². The van der Waals surface area contributed by atoms with E-state index in [0.29, 0.717) is 24.8 Å². The molecule has 1 aromatic carbocycles. The minimum Gasteiger partial charge on any atom is -0.462 e. The Balaban J connectivity index is 1.72. The summed E-state index contributed by atoms with van der Waals surface area (Å²) in [6.07, 6.45) is 7.37. The lowest BCUT2D eigenvalue weighted by Gasteiger charge is -2.23. The van der Waals surface area contributed by atoms with Crippen LogP contribution >= 0.6 is 0 Å². The number of ether oxygens (including phenoxy) is 2. The van der Waals surface area contributed by atoms with Crippen molar-refractivity contribution >= 4 is 11.9 Å². The van der Waals surface area contributed by atoms with Gasteiger partial charge in [0.15, 0.2) is 0 Å². The third-order valence-electron chi connectivity index (χ3n) is 5.70. The van der Waals surface area contributed by atoms with Crippen molar-refractivity contribution < 1.29 is 24.2 Å². The first kappa shape index (κ1) is 21.3. The first-order valence-corrected chi connectivity index (χ1v) is 10.3. The van der Waals surface area contributed by atoms with Crippen molar-refractivity contribution in [1.29, 1.82) is 0 Å². The molecule has 5 heteroatoms. The number of fused-ring (bicyclic) bond motifs is 1. The van der Waals surface area contributed by atoms with Gasteiger partial charge >= 0.3 is 11.9 Å². The third kappa shape index (κ3) is 5.57. The molecule has 156 valence electrons. The van der Waals surface area contributed by atoms with E-state index in [1.807, 2.05) is 26.0 Å². The van der Waals surface area contributed by atoms with Gasteiger partial charge in [-0.15, -0.1) is 0 Å². The quantitative estimate of drug-likeness (QED) is 0.550. The molecule has 0 spiro atoms.